The molecule has 0 bridgehead atoms. The van der Waals surface area contributed by atoms with Crippen molar-refractivity contribution >= 4 is 116 Å². The van der Waals surface area contributed by atoms with E-state index in [-0.39, 0.29) is 0 Å². The van der Waals surface area contributed by atoms with Crippen LogP contribution in [0.5, 0.6) is 0 Å². The molecule has 0 aliphatic rings. The Bertz CT molecular complexity index is 4330. The Hall–Kier alpha value is -9.75. The van der Waals surface area contributed by atoms with Crippen molar-refractivity contribution in [3.8, 4) is 16.3 Å². The van der Waals surface area contributed by atoms with Crippen molar-refractivity contribution in [1.82, 2.24) is 9.55 Å². The Morgan fingerprint density at radius 2 is 0.787 bits per heavy atom. The SMILES string of the molecule is c1ccc(-c2nc3ccc4ccc5ccc(N(c6ccccc6)c6cccc(N(c7ccc8c(c7)c7ccccc7n8-c7ccccc7)c7ccccc7N(c7ccccc7)c7ccccc7)c6)cc5c4c3s2)cc1. The van der Waals surface area contributed by atoms with Gasteiger partial charge in [-0.2, -0.15) is 0 Å². The lowest BCUT2D eigenvalue weighted by molar-refractivity contribution is 1.18. The summed E-state index contributed by atoms with van der Waals surface area (Å²) in [5.41, 5.74) is 15.0. The Balaban J connectivity index is 0.987. The molecule has 0 N–H and O–H groups in total. The standard InChI is InChI=1S/C69H47N5S/c1-6-21-50(22-7-1)69-70-62-43-40-49-38-37-48-39-41-57(46-60(48)67(49)68(62)75-69)71(51-23-8-2-9-24-51)55-31-20-32-56(45-55)73(66-36-19-18-35-65(66)72(52-25-10-3-11-26-52)53-27-12-4-13-28-53)58-42-44-64-61(47-58)59-33-16-17-34-63(59)74(64)54-29-14-5-15-30-54/h1-47H. The molecule has 0 saturated carbocycles. The molecule has 354 valence electrons. The number of hydrogen-bond donors (Lipinski definition) is 0. The highest BCUT2D eigenvalue weighted by atomic mass is 32.1. The van der Waals surface area contributed by atoms with Crippen molar-refractivity contribution in [1.29, 1.82) is 0 Å². The molecule has 75 heavy (non-hydrogen) atoms. The van der Waals surface area contributed by atoms with Gasteiger partial charge in [0.25, 0.3) is 0 Å². The van der Waals surface area contributed by atoms with Gasteiger partial charge in [0, 0.05) is 67.2 Å². The molecule has 5 nitrogen and oxygen atoms in total. The molecule has 0 aliphatic carbocycles. The van der Waals surface area contributed by atoms with Crippen molar-refractivity contribution in [3.05, 3.63) is 285 Å². The van der Waals surface area contributed by atoms with E-state index in [4.69, 9.17) is 4.98 Å². The second kappa shape index (κ2) is 18.7. The largest absolute Gasteiger partial charge is 0.310 e. The van der Waals surface area contributed by atoms with Gasteiger partial charge in [-0.25, -0.2) is 4.98 Å². The van der Waals surface area contributed by atoms with Gasteiger partial charge in [-0.05, 0) is 137 Å². The predicted octanol–water partition coefficient (Wildman–Crippen LogP) is 19.8. The first-order chi connectivity index (χ1) is 37.2. The van der Waals surface area contributed by atoms with Crippen molar-refractivity contribution in [3.63, 3.8) is 0 Å². The third kappa shape index (κ3) is 7.84. The van der Waals surface area contributed by atoms with E-state index in [0.717, 1.165) is 78.5 Å². The van der Waals surface area contributed by atoms with E-state index in [2.05, 4.69) is 304 Å². The number of hydrogen-bond acceptors (Lipinski definition) is 5. The summed E-state index contributed by atoms with van der Waals surface area (Å²) in [7, 11) is 0. The van der Waals surface area contributed by atoms with Crippen LogP contribution in [0.3, 0.4) is 0 Å². The number of anilines is 9. The van der Waals surface area contributed by atoms with Crippen molar-refractivity contribution in [2.24, 2.45) is 0 Å². The number of para-hydroxylation sites is 7. The van der Waals surface area contributed by atoms with Crippen LogP contribution in [-0.4, -0.2) is 9.55 Å². The highest BCUT2D eigenvalue weighted by Crippen LogP contribution is 2.49. The van der Waals surface area contributed by atoms with Crippen molar-refractivity contribution in [2.75, 3.05) is 14.7 Å². The zero-order valence-corrected chi connectivity index (χ0v) is 41.6. The van der Waals surface area contributed by atoms with Gasteiger partial charge in [-0.15, -0.1) is 11.3 Å². The maximum absolute atomic E-state index is 5.17. The fourth-order valence-electron chi connectivity index (χ4n) is 11.0. The molecule has 14 aromatic rings. The second-order valence-corrected chi connectivity index (χ2v) is 19.8. The fraction of sp³-hybridized carbons (Fsp3) is 0. The number of thiazole rings is 1. The van der Waals surface area contributed by atoms with Gasteiger partial charge in [0.15, 0.2) is 0 Å². The molecule has 6 heteroatoms. The van der Waals surface area contributed by atoms with E-state index in [9.17, 15) is 0 Å². The molecule has 0 unspecified atom stereocenters. The number of rotatable bonds is 11. The van der Waals surface area contributed by atoms with Gasteiger partial charge in [0.1, 0.15) is 5.01 Å². The summed E-state index contributed by atoms with van der Waals surface area (Å²) in [5.74, 6) is 0. The first kappa shape index (κ1) is 44.0. The van der Waals surface area contributed by atoms with E-state index in [1.54, 1.807) is 11.3 Å². The monoisotopic (exact) mass is 977 g/mol. The summed E-state index contributed by atoms with van der Waals surface area (Å²) in [6, 6.07) is 103. The Morgan fingerprint density at radius 3 is 1.48 bits per heavy atom. The van der Waals surface area contributed by atoms with Gasteiger partial charge in [0.2, 0.25) is 0 Å². The van der Waals surface area contributed by atoms with E-state index in [1.807, 2.05) is 0 Å². The van der Waals surface area contributed by atoms with Crippen LogP contribution in [0.2, 0.25) is 0 Å². The molecule has 0 amide bonds. The minimum absolute atomic E-state index is 1.01. The highest BCUT2D eigenvalue weighted by molar-refractivity contribution is 7.22. The molecule has 0 saturated heterocycles. The van der Waals surface area contributed by atoms with E-state index >= 15 is 0 Å². The quantitative estimate of drug-likeness (QED) is 0.121. The van der Waals surface area contributed by atoms with Gasteiger partial charge in [0.05, 0.1) is 32.6 Å². The van der Waals surface area contributed by atoms with Crippen LogP contribution in [0.1, 0.15) is 0 Å². The van der Waals surface area contributed by atoms with Gasteiger partial charge < -0.3 is 19.3 Å². The normalized spacial score (nSPS) is 11.5. The van der Waals surface area contributed by atoms with Gasteiger partial charge >= 0.3 is 0 Å². The summed E-state index contributed by atoms with van der Waals surface area (Å²) in [6.45, 7) is 0. The van der Waals surface area contributed by atoms with Crippen LogP contribution in [0.15, 0.2) is 285 Å². The topological polar surface area (TPSA) is 27.5 Å². The lowest BCUT2D eigenvalue weighted by Gasteiger charge is -2.34. The number of aromatic nitrogens is 2. The van der Waals surface area contributed by atoms with Crippen molar-refractivity contribution < 1.29 is 0 Å². The third-order valence-electron chi connectivity index (χ3n) is 14.3. The summed E-state index contributed by atoms with van der Waals surface area (Å²) in [6.07, 6.45) is 0. The fourth-order valence-corrected chi connectivity index (χ4v) is 12.1. The highest BCUT2D eigenvalue weighted by Gasteiger charge is 2.25. The van der Waals surface area contributed by atoms with Gasteiger partial charge in [-0.3, -0.25) is 0 Å². The predicted molar refractivity (Wildman–Crippen MR) is 318 cm³/mol. The van der Waals surface area contributed by atoms with E-state index in [0.29, 0.717) is 0 Å². The van der Waals surface area contributed by atoms with Crippen LogP contribution >= 0.6 is 11.3 Å². The van der Waals surface area contributed by atoms with E-state index in [1.165, 1.54) is 42.5 Å². The molecule has 0 atom stereocenters. The van der Waals surface area contributed by atoms with Crippen LogP contribution in [0, 0.1) is 0 Å². The Morgan fingerprint density at radius 1 is 0.320 bits per heavy atom. The average Bonchev–Trinajstić information content (AvgIpc) is 4.08. The molecule has 14 rings (SSSR count). The summed E-state index contributed by atoms with van der Waals surface area (Å²) in [5, 5.41) is 8.19. The number of fused-ring (bicyclic) bond motifs is 8. The molecular formula is C69H47N5S. The van der Waals surface area contributed by atoms with Crippen LogP contribution in [-0.2, 0) is 0 Å². The molecule has 2 aromatic heterocycles. The minimum atomic E-state index is 1.01. The first-order valence-electron chi connectivity index (χ1n) is 25.4. The molecule has 0 aliphatic heterocycles. The molecule has 0 fully saturated rings. The maximum atomic E-state index is 5.17. The Labute approximate surface area is 439 Å². The Kier molecular flexibility index (Phi) is 11.0. The summed E-state index contributed by atoms with van der Waals surface area (Å²) < 4.78 is 3.58. The lowest BCUT2D eigenvalue weighted by Crippen LogP contribution is -2.17. The third-order valence-corrected chi connectivity index (χ3v) is 15.4. The van der Waals surface area contributed by atoms with Gasteiger partial charge in [-0.1, -0.05) is 164 Å². The van der Waals surface area contributed by atoms with Crippen LogP contribution in [0.4, 0.5) is 51.2 Å². The zero-order valence-electron chi connectivity index (χ0n) is 40.8. The molecule has 0 spiro atoms. The molecule has 2 heterocycles. The molecular weight excluding hydrogens is 931 g/mol. The summed E-state index contributed by atoms with van der Waals surface area (Å²) >= 11 is 1.77. The average molecular weight is 978 g/mol. The molecule has 0 radical (unpaired) electrons. The zero-order chi connectivity index (χ0) is 49.7. The minimum Gasteiger partial charge on any atom is -0.310 e. The summed E-state index contributed by atoms with van der Waals surface area (Å²) in [4.78, 5) is 12.4. The van der Waals surface area contributed by atoms with Crippen molar-refractivity contribution in [2.45, 2.75) is 0 Å². The smallest absolute Gasteiger partial charge is 0.124 e. The maximum Gasteiger partial charge on any atom is 0.124 e. The second-order valence-electron chi connectivity index (χ2n) is 18.8. The first-order valence-corrected chi connectivity index (χ1v) is 26.2. The van der Waals surface area contributed by atoms with Crippen LogP contribution < -0.4 is 14.7 Å². The lowest BCUT2D eigenvalue weighted by atomic mass is 10.0. The van der Waals surface area contributed by atoms with Crippen LogP contribution in [0.25, 0.3) is 69.8 Å². The molecule has 12 aromatic carbocycles. The number of nitrogens with zero attached hydrogens (tertiary/aromatic N) is 5. The number of benzene rings is 12. The van der Waals surface area contributed by atoms with E-state index < -0.39 is 0 Å².